The van der Waals surface area contributed by atoms with E-state index in [2.05, 4.69) is 39.8 Å². The third-order valence-corrected chi connectivity index (χ3v) is 3.96. The largest absolute Gasteiger partial charge is 0.361 e. The minimum atomic E-state index is 0.819. The van der Waals surface area contributed by atoms with Crippen LogP contribution in [0.5, 0.6) is 0 Å². The summed E-state index contributed by atoms with van der Waals surface area (Å²) in [5.74, 6) is 0.819. The first-order valence-electron chi connectivity index (χ1n) is 6.23. The predicted molar refractivity (Wildman–Crippen MR) is 76.2 cm³/mol. The van der Waals surface area contributed by atoms with Crippen molar-refractivity contribution in [1.29, 1.82) is 0 Å². The Morgan fingerprint density at radius 1 is 1.16 bits per heavy atom. The van der Waals surface area contributed by atoms with Gasteiger partial charge in [-0.05, 0) is 18.9 Å². The molecule has 0 spiro atoms. The van der Waals surface area contributed by atoms with E-state index < -0.39 is 0 Å². The Bertz CT molecular complexity index is 658. The van der Waals surface area contributed by atoms with E-state index in [-0.39, 0.29) is 0 Å². The van der Waals surface area contributed by atoms with Gasteiger partial charge >= 0.3 is 0 Å². The highest BCUT2D eigenvalue weighted by atomic mass is 32.1. The number of hydrogen-bond donors (Lipinski definition) is 0. The molecule has 0 aliphatic carbocycles. The summed E-state index contributed by atoms with van der Waals surface area (Å²) < 4.78 is 5.07. The minimum Gasteiger partial charge on any atom is -0.361 e. The van der Waals surface area contributed by atoms with Crippen LogP contribution in [0.25, 0.3) is 11.3 Å². The number of aryl methyl sites for hydroxylation is 3. The molecule has 0 N–H and O–H groups in total. The van der Waals surface area contributed by atoms with Crippen LogP contribution in [0.4, 0.5) is 0 Å². The van der Waals surface area contributed by atoms with Crippen LogP contribution in [0, 0.1) is 6.92 Å². The molecule has 0 saturated carbocycles. The molecular formula is C15H14N2OS. The summed E-state index contributed by atoms with van der Waals surface area (Å²) in [6.07, 6.45) is 3.72. The molecule has 0 aliphatic rings. The number of rotatable bonds is 4. The van der Waals surface area contributed by atoms with Crippen molar-refractivity contribution in [3.05, 3.63) is 58.2 Å². The van der Waals surface area contributed by atoms with E-state index in [1.807, 2.05) is 13.0 Å². The first kappa shape index (κ1) is 12.1. The Labute approximate surface area is 115 Å². The van der Waals surface area contributed by atoms with Crippen LogP contribution in [0.2, 0.25) is 0 Å². The van der Waals surface area contributed by atoms with E-state index in [0.717, 1.165) is 34.9 Å². The molecule has 0 bridgehead atoms. The lowest BCUT2D eigenvalue weighted by Gasteiger charge is -1.97. The summed E-state index contributed by atoms with van der Waals surface area (Å²) in [6, 6.07) is 10.5. The van der Waals surface area contributed by atoms with Gasteiger partial charge in [0.05, 0.1) is 22.5 Å². The van der Waals surface area contributed by atoms with Gasteiger partial charge in [0.15, 0.2) is 0 Å². The van der Waals surface area contributed by atoms with Crippen molar-refractivity contribution >= 4 is 11.3 Å². The Balaban J connectivity index is 1.71. The fraction of sp³-hybridized carbons (Fsp3) is 0.200. The lowest BCUT2D eigenvalue weighted by molar-refractivity contribution is 0.398. The smallest absolute Gasteiger partial charge is 0.143 e. The van der Waals surface area contributed by atoms with E-state index in [1.165, 1.54) is 5.56 Å². The van der Waals surface area contributed by atoms with E-state index in [1.54, 1.807) is 17.5 Å². The summed E-state index contributed by atoms with van der Waals surface area (Å²) in [6.45, 7) is 1.91. The van der Waals surface area contributed by atoms with Crippen molar-refractivity contribution in [1.82, 2.24) is 10.1 Å². The molecule has 0 unspecified atom stereocenters. The molecule has 19 heavy (non-hydrogen) atoms. The Morgan fingerprint density at radius 3 is 2.74 bits per heavy atom. The molecule has 0 atom stereocenters. The number of benzene rings is 1. The van der Waals surface area contributed by atoms with E-state index in [9.17, 15) is 0 Å². The zero-order valence-corrected chi connectivity index (χ0v) is 11.5. The standard InChI is InChI=1S/C15H14N2OS/c1-11-13(9-16-18-11)14-10-19-15(17-14)8-7-12-5-3-2-4-6-12/h2-6,9-10H,7-8H2,1H3. The molecule has 1 aromatic carbocycles. The van der Waals surface area contributed by atoms with E-state index in [0.29, 0.717) is 0 Å². The topological polar surface area (TPSA) is 38.9 Å². The number of aromatic nitrogens is 2. The SMILES string of the molecule is Cc1oncc1-c1csc(CCc2ccccc2)n1. The first-order chi connectivity index (χ1) is 9.33. The maximum atomic E-state index is 5.07. The van der Waals surface area contributed by atoms with Gasteiger partial charge in [0.1, 0.15) is 5.76 Å². The van der Waals surface area contributed by atoms with Crippen LogP contribution in [0.3, 0.4) is 0 Å². The van der Waals surface area contributed by atoms with Gasteiger partial charge < -0.3 is 4.52 Å². The van der Waals surface area contributed by atoms with Gasteiger partial charge in [-0.2, -0.15) is 0 Å². The molecule has 96 valence electrons. The molecule has 0 aliphatic heterocycles. The van der Waals surface area contributed by atoms with Crippen LogP contribution < -0.4 is 0 Å². The average Bonchev–Trinajstić information content (AvgIpc) is 3.06. The maximum Gasteiger partial charge on any atom is 0.143 e. The summed E-state index contributed by atoms with van der Waals surface area (Å²) in [4.78, 5) is 4.65. The van der Waals surface area contributed by atoms with Gasteiger partial charge in [-0.1, -0.05) is 35.5 Å². The van der Waals surface area contributed by atoms with Gasteiger partial charge in [0.25, 0.3) is 0 Å². The second kappa shape index (κ2) is 5.36. The second-order valence-electron chi connectivity index (χ2n) is 4.41. The third kappa shape index (κ3) is 2.74. The monoisotopic (exact) mass is 270 g/mol. The lowest BCUT2D eigenvalue weighted by Crippen LogP contribution is -1.90. The summed E-state index contributed by atoms with van der Waals surface area (Å²) in [5, 5.41) is 7.01. The zero-order valence-electron chi connectivity index (χ0n) is 10.7. The first-order valence-corrected chi connectivity index (χ1v) is 7.11. The maximum absolute atomic E-state index is 5.07. The van der Waals surface area contributed by atoms with Crippen molar-refractivity contribution in [2.75, 3.05) is 0 Å². The van der Waals surface area contributed by atoms with Crippen LogP contribution in [-0.2, 0) is 12.8 Å². The highest BCUT2D eigenvalue weighted by Crippen LogP contribution is 2.25. The van der Waals surface area contributed by atoms with E-state index >= 15 is 0 Å². The van der Waals surface area contributed by atoms with Crippen LogP contribution in [0.15, 0.2) is 46.4 Å². The normalized spacial score (nSPS) is 10.8. The number of thiazole rings is 1. The zero-order chi connectivity index (χ0) is 13.1. The van der Waals surface area contributed by atoms with Gasteiger partial charge in [0, 0.05) is 11.8 Å². The van der Waals surface area contributed by atoms with Crippen molar-refractivity contribution in [2.45, 2.75) is 19.8 Å². The van der Waals surface area contributed by atoms with Gasteiger partial charge in [0.2, 0.25) is 0 Å². The molecule has 0 fully saturated rings. The molecule has 4 heteroatoms. The highest BCUT2D eigenvalue weighted by molar-refractivity contribution is 7.09. The Morgan fingerprint density at radius 2 is 2.00 bits per heavy atom. The predicted octanol–water partition coefficient (Wildman–Crippen LogP) is 3.89. The minimum absolute atomic E-state index is 0.819. The lowest BCUT2D eigenvalue weighted by atomic mass is 10.1. The summed E-state index contributed by atoms with van der Waals surface area (Å²) in [5.41, 5.74) is 3.30. The highest BCUT2D eigenvalue weighted by Gasteiger charge is 2.10. The molecule has 3 nitrogen and oxygen atoms in total. The molecule has 3 rings (SSSR count). The van der Waals surface area contributed by atoms with Gasteiger partial charge in [-0.3, -0.25) is 0 Å². The molecule has 0 radical (unpaired) electrons. The molecule has 2 aromatic heterocycles. The van der Waals surface area contributed by atoms with Crippen molar-refractivity contribution < 1.29 is 4.52 Å². The van der Waals surface area contributed by atoms with E-state index in [4.69, 9.17) is 4.52 Å². The van der Waals surface area contributed by atoms with Crippen molar-refractivity contribution in [2.24, 2.45) is 0 Å². The average molecular weight is 270 g/mol. The van der Waals surface area contributed by atoms with Crippen LogP contribution in [-0.4, -0.2) is 10.1 Å². The fourth-order valence-electron chi connectivity index (χ4n) is 1.99. The number of nitrogens with zero attached hydrogens (tertiary/aromatic N) is 2. The molecule has 0 amide bonds. The Hall–Kier alpha value is -1.94. The Kier molecular flexibility index (Phi) is 3.42. The molecule has 2 heterocycles. The second-order valence-corrected chi connectivity index (χ2v) is 5.35. The van der Waals surface area contributed by atoms with Gasteiger partial charge in [-0.25, -0.2) is 4.98 Å². The van der Waals surface area contributed by atoms with Gasteiger partial charge in [-0.15, -0.1) is 11.3 Å². The molecular weight excluding hydrogens is 256 g/mol. The van der Waals surface area contributed by atoms with Crippen LogP contribution >= 0.6 is 11.3 Å². The summed E-state index contributed by atoms with van der Waals surface area (Å²) in [7, 11) is 0. The van der Waals surface area contributed by atoms with Crippen molar-refractivity contribution in [3.8, 4) is 11.3 Å². The summed E-state index contributed by atoms with van der Waals surface area (Å²) >= 11 is 1.70. The quantitative estimate of drug-likeness (QED) is 0.722. The molecule has 0 saturated heterocycles. The van der Waals surface area contributed by atoms with Crippen molar-refractivity contribution in [3.63, 3.8) is 0 Å². The molecule has 3 aromatic rings. The number of hydrogen-bond acceptors (Lipinski definition) is 4. The van der Waals surface area contributed by atoms with Crippen LogP contribution in [0.1, 0.15) is 16.3 Å². The third-order valence-electron chi connectivity index (χ3n) is 3.05. The fourth-order valence-corrected chi connectivity index (χ4v) is 2.79.